The molecule has 0 bridgehead atoms. The van der Waals surface area contributed by atoms with Gasteiger partial charge in [0.1, 0.15) is 11.3 Å². The number of anilines is 1. The van der Waals surface area contributed by atoms with Crippen LogP contribution in [0, 0.1) is 0 Å². The van der Waals surface area contributed by atoms with Crippen LogP contribution in [-0.2, 0) is 4.79 Å². The second-order valence-electron chi connectivity index (χ2n) is 4.91. The smallest absolute Gasteiger partial charge is 0.262 e. The predicted octanol–water partition coefficient (Wildman–Crippen LogP) is 5.21. The monoisotopic (exact) mass is 380 g/mol. The third kappa shape index (κ3) is 3.73. The first-order valence-corrected chi connectivity index (χ1v) is 8.09. The summed E-state index contributed by atoms with van der Waals surface area (Å²) in [7, 11) is 0. The predicted molar refractivity (Wildman–Crippen MR) is 97.3 cm³/mol. The molecule has 0 atom stereocenters. The maximum Gasteiger partial charge on any atom is 0.262 e. The Kier molecular flexibility index (Phi) is 5.09. The Bertz CT molecular complexity index is 915. The number of pyridine rings is 1. The van der Waals surface area contributed by atoms with Gasteiger partial charge in [-0.15, -0.1) is 0 Å². The van der Waals surface area contributed by atoms with Gasteiger partial charge in [0, 0.05) is 17.3 Å². The lowest BCUT2D eigenvalue weighted by atomic mass is 10.2. The van der Waals surface area contributed by atoms with Crippen LogP contribution >= 0.6 is 34.8 Å². The number of fused-ring (bicyclic) bond motifs is 1. The summed E-state index contributed by atoms with van der Waals surface area (Å²) in [5.41, 5.74) is 1.14. The highest BCUT2D eigenvalue weighted by atomic mass is 35.5. The fourth-order valence-corrected chi connectivity index (χ4v) is 2.66. The fourth-order valence-electron chi connectivity index (χ4n) is 2.14. The van der Waals surface area contributed by atoms with Crippen molar-refractivity contribution in [3.05, 3.63) is 63.7 Å². The number of hydrogen-bond donors (Lipinski definition) is 1. The van der Waals surface area contributed by atoms with Gasteiger partial charge in [0.05, 0.1) is 15.1 Å². The van der Waals surface area contributed by atoms with Crippen LogP contribution in [0.25, 0.3) is 10.9 Å². The summed E-state index contributed by atoms with van der Waals surface area (Å²) >= 11 is 17.9. The van der Waals surface area contributed by atoms with E-state index in [0.29, 0.717) is 32.0 Å². The highest BCUT2D eigenvalue weighted by Crippen LogP contribution is 2.29. The number of carbonyl (C=O) groups is 1. The van der Waals surface area contributed by atoms with E-state index in [1.807, 2.05) is 6.07 Å². The van der Waals surface area contributed by atoms with Crippen molar-refractivity contribution in [3.8, 4) is 5.75 Å². The molecular weight excluding hydrogens is 371 g/mol. The molecule has 1 aromatic heterocycles. The highest BCUT2D eigenvalue weighted by Gasteiger charge is 2.10. The molecule has 0 aliphatic rings. The van der Waals surface area contributed by atoms with Crippen molar-refractivity contribution in [2.24, 2.45) is 0 Å². The second-order valence-corrected chi connectivity index (χ2v) is 6.13. The molecule has 0 fully saturated rings. The van der Waals surface area contributed by atoms with Crippen molar-refractivity contribution in [3.63, 3.8) is 0 Å². The molecule has 1 heterocycles. The molecule has 0 aliphatic carbocycles. The summed E-state index contributed by atoms with van der Waals surface area (Å²) in [6, 6.07) is 11.9. The quantitative estimate of drug-likeness (QED) is 0.674. The Balaban J connectivity index is 1.70. The lowest BCUT2D eigenvalue weighted by Crippen LogP contribution is -2.20. The van der Waals surface area contributed by atoms with Crippen LogP contribution < -0.4 is 10.1 Å². The zero-order valence-corrected chi connectivity index (χ0v) is 14.5. The van der Waals surface area contributed by atoms with Gasteiger partial charge in [0.2, 0.25) is 0 Å². The van der Waals surface area contributed by atoms with E-state index in [1.165, 1.54) is 0 Å². The number of amides is 1. The average molecular weight is 382 g/mol. The first kappa shape index (κ1) is 16.8. The summed E-state index contributed by atoms with van der Waals surface area (Å²) in [5.74, 6) is 0.159. The third-order valence-electron chi connectivity index (χ3n) is 3.24. The molecule has 122 valence electrons. The molecule has 0 saturated carbocycles. The summed E-state index contributed by atoms with van der Waals surface area (Å²) in [6.07, 6.45) is 1.64. The maximum absolute atomic E-state index is 12.0. The third-order valence-corrected chi connectivity index (χ3v) is 4.31. The zero-order valence-electron chi connectivity index (χ0n) is 12.2. The normalized spacial score (nSPS) is 10.6. The van der Waals surface area contributed by atoms with Crippen LogP contribution in [0.1, 0.15) is 0 Å². The van der Waals surface area contributed by atoms with Gasteiger partial charge in [-0.3, -0.25) is 9.78 Å². The van der Waals surface area contributed by atoms with E-state index in [4.69, 9.17) is 39.5 Å². The van der Waals surface area contributed by atoms with Crippen molar-refractivity contribution in [2.45, 2.75) is 0 Å². The molecule has 3 rings (SSSR count). The minimum atomic E-state index is -0.326. The van der Waals surface area contributed by atoms with Gasteiger partial charge >= 0.3 is 0 Å². The number of hydrogen-bond acceptors (Lipinski definition) is 3. The molecule has 1 N–H and O–H groups in total. The lowest BCUT2D eigenvalue weighted by molar-refractivity contribution is -0.118. The summed E-state index contributed by atoms with van der Waals surface area (Å²) < 4.78 is 5.57. The maximum atomic E-state index is 12.0. The van der Waals surface area contributed by atoms with Crippen LogP contribution in [0.3, 0.4) is 0 Å². The number of rotatable bonds is 4. The van der Waals surface area contributed by atoms with E-state index in [9.17, 15) is 4.79 Å². The highest BCUT2D eigenvalue weighted by molar-refractivity contribution is 6.42. The SMILES string of the molecule is O=C(COc1ccc(Cl)c2cccnc12)Nc1ccc(Cl)c(Cl)c1. The Labute approximate surface area is 153 Å². The standard InChI is InChI=1S/C17H11Cl3N2O2/c18-12-5-6-15(17-11(12)2-1-7-21-17)24-9-16(23)22-10-3-4-13(19)14(20)8-10/h1-8H,9H2,(H,22,23). The lowest BCUT2D eigenvalue weighted by Gasteiger charge is -2.10. The van der Waals surface area contributed by atoms with Gasteiger partial charge < -0.3 is 10.1 Å². The zero-order chi connectivity index (χ0) is 17.1. The first-order chi connectivity index (χ1) is 11.5. The number of nitrogens with one attached hydrogen (secondary N) is 1. The van der Waals surface area contributed by atoms with Gasteiger partial charge in [0.15, 0.2) is 6.61 Å². The van der Waals surface area contributed by atoms with Crippen LogP contribution in [0.15, 0.2) is 48.7 Å². The average Bonchev–Trinajstić information content (AvgIpc) is 2.58. The van der Waals surface area contributed by atoms with E-state index in [1.54, 1.807) is 42.6 Å². The number of benzene rings is 2. The molecule has 0 spiro atoms. The molecule has 1 amide bonds. The van der Waals surface area contributed by atoms with Crippen LogP contribution in [-0.4, -0.2) is 17.5 Å². The molecule has 0 aliphatic heterocycles. The number of nitrogens with zero attached hydrogens (tertiary/aromatic N) is 1. The summed E-state index contributed by atoms with van der Waals surface area (Å²) in [5, 5.41) is 4.81. The van der Waals surface area contributed by atoms with E-state index < -0.39 is 0 Å². The first-order valence-electron chi connectivity index (χ1n) is 6.95. The number of ether oxygens (including phenoxy) is 1. The van der Waals surface area contributed by atoms with Crippen molar-refractivity contribution in [1.82, 2.24) is 4.98 Å². The van der Waals surface area contributed by atoms with E-state index in [0.717, 1.165) is 5.39 Å². The van der Waals surface area contributed by atoms with Crippen LogP contribution in [0.2, 0.25) is 15.1 Å². The summed E-state index contributed by atoms with van der Waals surface area (Å²) in [6.45, 7) is -0.173. The molecule has 24 heavy (non-hydrogen) atoms. The van der Waals surface area contributed by atoms with Gasteiger partial charge in [-0.2, -0.15) is 0 Å². The Morgan fingerprint density at radius 2 is 1.83 bits per heavy atom. The Morgan fingerprint density at radius 1 is 1.04 bits per heavy atom. The molecule has 4 nitrogen and oxygen atoms in total. The van der Waals surface area contributed by atoms with Crippen molar-refractivity contribution in [2.75, 3.05) is 11.9 Å². The second kappa shape index (κ2) is 7.26. The van der Waals surface area contributed by atoms with Crippen LogP contribution in [0.4, 0.5) is 5.69 Å². The van der Waals surface area contributed by atoms with E-state index in [2.05, 4.69) is 10.3 Å². The number of carbonyl (C=O) groups excluding carboxylic acids is 1. The van der Waals surface area contributed by atoms with Gasteiger partial charge in [-0.1, -0.05) is 34.8 Å². The van der Waals surface area contributed by atoms with E-state index >= 15 is 0 Å². The van der Waals surface area contributed by atoms with Crippen LogP contribution in [0.5, 0.6) is 5.75 Å². The topological polar surface area (TPSA) is 51.2 Å². The fraction of sp³-hybridized carbons (Fsp3) is 0.0588. The van der Waals surface area contributed by atoms with Crippen molar-refractivity contribution < 1.29 is 9.53 Å². The molecule has 0 radical (unpaired) electrons. The minimum absolute atomic E-state index is 0.173. The van der Waals surface area contributed by atoms with Gasteiger partial charge in [0.25, 0.3) is 5.91 Å². The van der Waals surface area contributed by atoms with Crippen molar-refractivity contribution in [1.29, 1.82) is 0 Å². The minimum Gasteiger partial charge on any atom is -0.481 e. The Hall–Kier alpha value is -2.01. The van der Waals surface area contributed by atoms with Gasteiger partial charge in [-0.25, -0.2) is 0 Å². The molecular formula is C17H11Cl3N2O2. The van der Waals surface area contributed by atoms with E-state index in [-0.39, 0.29) is 12.5 Å². The molecule has 3 aromatic rings. The largest absolute Gasteiger partial charge is 0.481 e. The van der Waals surface area contributed by atoms with Crippen molar-refractivity contribution >= 4 is 57.3 Å². The number of aromatic nitrogens is 1. The molecule has 0 saturated heterocycles. The summed E-state index contributed by atoms with van der Waals surface area (Å²) in [4.78, 5) is 16.3. The molecule has 0 unspecified atom stereocenters. The Morgan fingerprint density at radius 3 is 2.62 bits per heavy atom. The van der Waals surface area contributed by atoms with Gasteiger partial charge in [-0.05, 0) is 42.5 Å². The molecule has 2 aromatic carbocycles. The number of halogens is 3. The molecule has 7 heteroatoms.